The second-order valence-electron chi connectivity index (χ2n) is 5.20. The molecule has 0 bridgehead atoms. The SMILES string of the molecule is COc1ccc2c(c1)C(=O)C(NC(=O)C1CC1)CCO2. The van der Waals surface area contributed by atoms with Crippen LogP contribution in [-0.2, 0) is 4.79 Å². The number of hydrogen-bond acceptors (Lipinski definition) is 4. The Morgan fingerprint density at radius 3 is 2.85 bits per heavy atom. The first-order valence-corrected chi connectivity index (χ1v) is 6.84. The van der Waals surface area contributed by atoms with Crippen LogP contribution in [0.2, 0.25) is 0 Å². The highest BCUT2D eigenvalue weighted by atomic mass is 16.5. The van der Waals surface area contributed by atoms with Gasteiger partial charge in [-0.25, -0.2) is 0 Å². The molecule has 1 aliphatic heterocycles. The third-order valence-electron chi connectivity index (χ3n) is 3.70. The molecule has 5 nitrogen and oxygen atoms in total. The first kappa shape index (κ1) is 13.0. The first-order chi connectivity index (χ1) is 9.69. The highest BCUT2D eigenvalue weighted by Crippen LogP contribution is 2.31. The van der Waals surface area contributed by atoms with Crippen LogP contribution in [0.3, 0.4) is 0 Å². The monoisotopic (exact) mass is 275 g/mol. The van der Waals surface area contributed by atoms with E-state index >= 15 is 0 Å². The summed E-state index contributed by atoms with van der Waals surface area (Å²) in [7, 11) is 1.55. The van der Waals surface area contributed by atoms with E-state index in [-0.39, 0.29) is 17.6 Å². The van der Waals surface area contributed by atoms with Crippen molar-refractivity contribution in [2.75, 3.05) is 13.7 Å². The third-order valence-corrected chi connectivity index (χ3v) is 3.70. The highest BCUT2D eigenvalue weighted by molar-refractivity contribution is 6.04. The van der Waals surface area contributed by atoms with Crippen molar-refractivity contribution in [2.45, 2.75) is 25.3 Å². The van der Waals surface area contributed by atoms with Gasteiger partial charge in [-0.15, -0.1) is 0 Å². The summed E-state index contributed by atoms with van der Waals surface area (Å²) in [5.74, 6) is 1.13. The quantitative estimate of drug-likeness (QED) is 0.909. The molecule has 106 valence electrons. The highest BCUT2D eigenvalue weighted by Gasteiger charge is 2.34. The Kier molecular flexibility index (Phi) is 3.34. The van der Waals surface area contributed by atoms with Crippen LogP contribution in [0.1, 0.15) is 29.6 Å². The Morgan fingerprint density at radius 2 is 2.15 bits per heavy atom. The van der Waals surface area contributed by atoms with E-state index in [2.05, 4.69) is 5.32 Å². The lowest BCUT2D eigenvalue weighted by Gasteiger charge is -2.14. The Balaban J connectivity index is 1.83. The number of ketones is 1. The molecule has 1 aromatic carbocycles. The molecule has 3 rings (SSSR count). The fraction of sp³-hybridized carbons (Fsp3) is 0.467. The molecule has 1 aliphatic carbocycles. The molecule has 1 atom stereocenters. The van der Waals surface area contributed by atoms with Crippen LogP contribution in [-0.4, -0.2) is 31.4 Å². The smallest absolute Gasteiger partial charge is 0.223 e. The maximum Gasteiger partial charge on any atom is 0.223 e. The van der Waals surface area contributed by atoms with E-state index in [1.54, 1.807) is 25.3 Å². The number of rotatable bonds is 3. The molecule has 1 aromatic rings. The zero-order valence-corrected chi connectivity index (χ0v) is 11.3. The van der Waals surface area contributed by atoms with Gasteiger partial charge in [0.1, 0.15) is 11.5 Å². The fourth-order valence-corrected chi connectivity index (χ4v) is 2.33. The second-order valence-corrected chi connectivity index (χ2v) is 5.20. The average molecular weight is 275 g/mol. The summed E-state index contributed by atoms with van der Waals surface area (Å²) >= 11 is 0. The standard InChI is InChI=1S/C15H17NO4/c1-19-10-4-5-13-11(8-10)14(17)12(6-7-20-13)16-15(18)9-2-3-9/h4-5,8-9,12H,2-3,6-7H2,1H3,(H,16,18). The number of hydrogen-bond donors (Lipinski definition) is 1. The topological polar surface area (TPSA) is 64.6 Å². The molecule has 5 heteroatoms. The third kappa shape index (κ3) is 2.48. The van der Waals surface area contributed by atoms with Crippen molar-refractivity contribution in [3.63, 3.8) is 0 Å². The largest absolute Gasteiger partial charge is 0.497 e. The number of fused-ring (bicyclic) bond motifs is 1. The average Bonchev–Trinajstić information content (AvgIpc) is 3.29. The Labute approximate surface area is 117 Å². The lowest BCUT2D eigenvalue weighted by molar-refractivity contribution is -0.122. The zero-order valence-electron chi connectivity index (χ0n) is 11.3. The van der Waals surface area contributed by atoms with Crippen molar-refractivity contribution in [1.82, 2.24) is 5.32 Å². The lowest BCUT2D eigenvalue weighted by Crippen LogP contribution is -2.41. The van der Waals surface area contributed by atoms with Gasteiger partial charge in [0.25, 0.3) is 0 Å². The number of nitrogens with one attached hydrogen (secondary N) is 1. The van der Waals surface area contributed by atoms with Gasteiger partial charge in [-0.3, -0.25) is 9.59 Å². The molecule has 1 amide bonds. The molecule has 0 spiro atoms. The fourth-order valence-electron chi connectivity index (χ4n) is 2.33. The van der Waals surface area contributed by atoms with Gasteiger partial charge < -0.3 is 14.8 Å². The van der Waals surface area contributed by atoms with Gasteiger partial charge in [0.15, 0.2) is 5.78 Å². The van der Waals surface area contributed by atoms with Gasteiger partial charge in [0.05, 0.1) is 25.3 Å². The van der Waals surface area contributed by atoms with E-state index in [1.807, 2.05) is 0 Å². The van der Waals surface area contributed by atoms with Crippen molar-refractivity contribution in [2.24, 2.45) is 5.92 Å². The number of benzene rings is 1. The van der Waals surface area contributed by atoms with Crippen LogP contribution in [0.5, 0.6) is 11.5 Å². The van der Waals surface area contributed by atoms with E-state index in [4.69, 9.17) is 9.47 Å². The molecule has 1 heterocycles. The minimum Gasteiger partial charge on any atom is -0.497 e. The molecule has 0 aromatic heterocycles. The van der Waals surface area contributed by atoms with Crippen molar-refractivity contribution < 1.29 is 19.1 Å². The number of ether oxygens (including phenoxy) is 2. The number of amides is 1. The van der Waals surface area contributed by atoms with Gasteiger partial charge >= 0.3 is 0 Å². The van der Waals surface area contributed by atoms with E-state index in [0.29, 0.717) is 30.1 Å². The van der Waals surface area contributed by atoms with Crippen LogP contribution in [0.4, 0.5) is 0 Å². The van der Waals surface area contributed by atoms with Crippen molar-refractivity contribution in [3.05, 3.63) is 23.8 Å². The maximum absolute atomic E-state index is 12.5. The summed E-state index contributed by atoms with van der Waals surface area (Å²) in [6, 6.07) is 4.66. The molecule has 1 saturated carbocycles. The van der Waals surface area contributed by atoms with Gasteiger partial charge in [-0.2, -0.15) is 0 Å². The predicted octanol–water partition coefficient (Wildman–Crippen LogP) is 1.56. The number of Topliss-reactive ketones (excluding diaryl/α,β-unsaturated/α-hetero) is 1. The van der Waals surface area contributed by atoms with Crippen LogP contribution < -0.4 is 14.8 Å². The Hall–Kier alpha value is -2.04. The Bertz CT molecular complexity index is 551. The zero-order chi connectivity index (χ0) is 14.1. The van der Waals surface area contributed by atoms with Gasteiger partial charge in [0.2, 0.25) is 5.91 Å². The van der Waals surface area contributed by atoms with E-state index in [9.17, 15) is 9.59 Å². The van der Waals surface area contributed by atoms with Gasteiger partial charge in [-0.1, -0.05) is 0 Å². The summed E-state index contributed by atoms with van der Waals surface area (Å²) in [6.07, 6.45) is 2.34. The Morgan fingerprint density at radius 1 is 1.35 bits per heavy atom. The molecule has 20 heavy (non-hydrogen) atoms. The summed E-state index contributed by atoms with van der Waals surface area (Å²) < 4.78 is 10.7. The molecule has 0 saturated heterocycles. The van der Waals surface area contributed by atoms with Crippen LogP contribution >= 0.6 is 0 Å². The summed E-state index contributed by atoms with van der Waals surface area (Å²) in [5.41, 5.74) is 0.475. The van der Waals surface area contributed by atoms with E-state index in [1.165, 1.54) is 0 Å². The summed E-state index contributed by atoms with van der Waals surface area (Å²) in [4.78, 5) is 24.4. The predicted molar refractivity (Wildman–Crippen MR) is 72.1 cm³/mol. The normalized spacial score (nSPS) is 21.4. The number of carbonyl (C=O) groups excluding carboxylic acids is 2. The lowest BCUT2D eigenvalue weighted by atomic mass is 10.0. The van der Waals surface area contributed by atoms with Crippen LogP contribution in [0.25, 0.3) is 0 Å². The van der Waals surface area contributed by atoms with Crippen LogP contribution in [0, 0.1) is 5.92 Å². The molecule has 1 fully saturated rings. The van der Waals surface area contributed by atoms with Gasteiger partial charge in [0, 0.05) is 12.3 Å². The molecule has 1 N–H and O–H groups in total. The number of carbonyl (C=O) groups is 2. The molecule has 1 unspecified atom stereocenters. The maximum atomic E-state index is 12.5. The van der Waals surface area contributed by atoms with E-state index in [0.717, 1.165) is 12.8 Å². The molecule has 2 aliphatic rings. The minimum absolute atomic E-state index is 0.0188. The second kappa shape index (κ2) is 5.15. The van der Waals surface area contributed by atoms with Crippen molar-refractivity contribution in [3.8, 4) is 11.5 Å². The summed E-state index contributed by atoms with van der Waals surface area (Å²) in [5, 5.41) is 2.84. The molecular weight excluding hydrogens is 258 g/mol. The number of methoxy groups -OCH3 is 1. The van der Waals surface area contributed by atoms with Crippen molar-refractivity contribution in [1.29, 1.82) is 0 Å². The van der Waals surface area contributed by atoms with Crippen molar-refractivity contribution >= 4 is 11.7 Å². The molecule has 0 radical (unpaired) electrons. The van der Waals surface area contributed by atoms with E-state index < -0.39 is 6.04 Å². The van der Waals surface area contributed by atoms with Crippen LogP contribution in [0.15, 0.2) is 18.2 Å². The van der Waals surface area contributed by atoms with Gasteiger partial charge in [-0.05, 0) is 31.0 Å². The molecular formula is C15H17NO4. The first-order valence-electron chi connectivity index (χ1n) is 6.84. The minimum atomic E-state index is -0.503. The summed E-state index contributed by atoms with van der Waals surface area (Å²) in [6.45, 7) is 0.417.